The van der Waals surface area contributed by atoms with Crippen molar-refractivity contribution in [2.24, 2.45) is 0 Å². The summed E-state index contributed by atoms with van der Waals surface area (Å²) in [6, 6.07) is 16.7. The number of nitrogens with zero attached hydrogens (tertiary/aromatic N) is 2. The molecule has 0 aliphatic carbocycles. The number of nitriles is 1. The molecule has 0 amide bonds. The zero-order valence-corrected chi connectivity index (χ0v) is 13.3. The minimum atomic E-state index is 0.439. The Morgan fingerprint density at radius 2 is 2.12 bits per heavy atom. The first-order chi connectivity index (χ1) is 11.8. The van der Waals surface area contributed by atoms with Crippen LogP contribution in [0, 0.1) is 11.3 Å². The van der Waals surface area contributed by atoms with Crippen molar-refractivity contribution in [3.8, 4) is 17.2 Å². The largest absolute Gasteiger partial charge is 0.380 e. The molecule has 4 heteroatoms. The Kier molecular flexibility index (Phi) is 3.86. The van der Waals surface area contributed by atoms with Gasteiger partial charge in [-0.3, -0.25) is 4.98 Å². The van der Waals surface area contributed by atoms with Gasteiger partial charge in [0.25, 0.3) is 0 Å². The Hall–Kier alpha value is -2.90. The lowest BCUT2D eigenvalue weighted by molar-refractivity contribution is 0.794. The van der Waals surface area contributed by atoms with Gasteiger partial charge in [0.1, 0.15) is 0 Å². The maximum absolute atomic E-state index is 9.15. The van der Waals surface area contributed by atoms with Crippen molar-refractivity contribution in [2.75, 3.05) is 18.4 Å². The molecule has 1 aromatic heterocycles. The Morgan fingerprint density at radius 1 is 1.17 bits per heavy atom. The molecule has 0 saturated carbocycles. The molecule has 2 heterocycles. The number of aromatic nitrogens is 1. The number of nitrogens with one attached hydrogen (secondary N) is 2. The zero-order valence-electron chi connectivity index (χ0n) is 13.3. The van der Waals surface area contributed by atoms with Gasteiger partial charge in [0.15, 0.2) is 0 Å². The summed E-state index contributed by atoms with van der Waals surface area (Å²) in [5, 5.41) is 18.5. The summed E-state index contributed by atoms with van der Waals surface area (Å²) < 4.78 is 0. The van der Waals surface area contributed by atoms with E-state index in [0.717, 1.165) is 47.1 Å². The molecule has 0 unspecified atom stereocenters. The molecule has 1 saturated heterocycles. The summed E-state index contributed by atoms with van der Waals surface area (Å²) in [7, 11) is 0. The molecule has 1 aliphatic rings. The van der Waals surface area contributed by atoms with E-state index in [1.54, 1.807) is 0 Å². The van der Waals surface area contributed by atoms with Gasteiger partial charge >= 0.3 is 0 Å². The maximum Gasteiger partial charge on any atom is 0.0991 e. The van der Waals surface area contributed by atoms with Gasteiger partial charge < -0.3 is 10.6 Å². The second-order valence-corrected chi connectivity index (χ2v) is 6.15. The van der Waals surface area contributed by atoms with Gasteiger partial charge in [-0.15, -0.1) is 0 Å². The molecule has 1 aliphatic heterocycles. The van der Waals surface area contributed by atoms with Crippen molar-refractivity contribution in [1.29, 1.82) is 5.26 Å². The third kappa shape index (κ3) is 2.82. The van der Waals surface area contributed by atoms with Gasteiger partial charge in [0.05, 0.1) is 11.6 Å². The first-order valence-electron chi connectivity index (χ1n) is 8.19. The second-order valence-electron chi connectivity index (χ2n) is 6.15. The Labute approximate surface area is 141 Å². The highest BCUT2D eigenvalue weighted by Crippen LogP contribution is 2.31. The second kappa shape index (κ2) is 6.31. The number of anilines is 1. The SMILES string of the molecule is N#Cc1cccc(-c2cc(N[C@H]3CCNC3)c3cnccc3c2)c1. The van der Waals surface area contributed by atoms with Crippen molar-refractivity contribution in [3.63, 3.8) is 0 Å². The van der Waals surface area contributed by atoms with Gasteiger partial charge in [0, 0.05) is 36.1 Å². The fraction of sp³-hybridized carbons (Fsp3) is 0.200. The predicted octanol–water partition coefficient (Wildman–Crippen LogP) is 3.55. The van der Waals surface area contributed by atoms with Crippen LogP contribution in [0.5, 0.6) is 0 Å². The number of benzene rings is 2. The monoisotopic (exact) mass is 314 g/mol. The maximum atomic E-state index is 9.15. The highest BCUT2D eigenvalue weighted by molar-refractivity contribution is 5.97. The molecule has 3 aromatic rings. The fourth-order valence-corrected chi connectivity index (χ4v) is 3.25. The van der Waals surface area contributed by atoms with E-state index in [1.807, 2.05) is 42.7 Å². The third-order valence-corrected chi connectivity index (χ3v) is 4.50. The topological polar surface area (TPSA) is 60.7 Å². The quantitative estimate of drug-likeness (QED) is 0.776. The first-order valence-corrected chi connectivity index (χ1v) is 8.19. The summed E-state index contributed by atoms with van der Waals surface area (Å²) in [6.07, 6.45) is 4.85. The number of pyridine rings is 1. The van der Waals surface area contributed by atoms with Crippen molar-refractivity contribution in [1.82, 2.24) is 10.3 Å². The smallest absolute Gasteiger partial charge is 0.0991 e. The number of fused-ring (bicyclic) bond motifs is 1. The van der Waals surface area contributed by atoms with Crippen LogP contribution in [0.3, 0.4) is 0 Å². The molecule has 2 N–H and O–H groups in total. The van der Waals surface area contributed by atoms with Crippen molar-refractivity contribution in [3.05, 3.63) is 60.4 Å². The summed E-state index contributed by atoms with van der Waals surface area (Å²) in [4.78, 5) is 4.28. The molecule has 1 atom stereocenters. The van der Waals surface area contributed by atoms with Crippen LogP contribution in [0.25, 0.3) is 21.9 Å². The molecule has 0 spiro atoms. The Bertz CT molecular complexity index is 920. The molecule has 0 radical (unpaired) electrons. The van der Waals surface area contributed by atoms with Crippen LogP contribution in [0.15, 0.2) is 54.9 Å². The van der Waals surface area contributed by atoms with E-state index in [0.29, 0.717) is 11.6 Å². The standard InChI is InChI=1S/C20H18N4/c21-11-14-2-1-3-15(8-14)17-9-16-4-6-23-13-19(16)20(10-17)24-18-5-7-22-12-18/h1-4,6,8-10,13,18,22,24H,5,7,12H2/t18-/m0/s1. The number of rotatable bonds is 3. The van der Waals surface area contributed by atoms with E-state index in [-0.39, 0.29) is 0 Å². The Balaban J connectivity index is 1.82. The van der Waals surface area contributed by atoms with Gasteiger partial charge in [-0.1, -0.05) is 12.1 Å². The van der Waals surface area contributed by atoms with Gasteiger partial charge in [-0.25, -0.2) is 0 Å². The van der Waals surface area contributed by atoms with Crippen molar-refractivity contribution < 1.29 is 0 Å². The van der Waals surface area contributed by atoms with Crippen LogP contribution >= 0.6 is 0 Å². The Morgan fingerprint density at radius 3 is 2.96 bits per heavy atom. The van der Waals surface area contributed by atoms with E-state index in [9.17, 15) is 0 Å². The van der Waals surface area contributed by atoms with Gasteiger partial charge in [-0.05, 0) is 59.8 Å². The molecule has 2 aromatic carbocycles. The zero-order chi connectivity index (χ0) is 16.4. The summed E-state index contributed by atoms with van der Waals surface area (Å²) >= 11 is 0. The summed E-state index contributed by atoms with van der Waals surface area (Å²) in [5.74, 6) is 0. The number of hydrogen-bond donors (Lipinski definition) is 2. The van der Waals surface area contributed by atoms with Crippen LogP contribution in [0.1, 0.15) is 12.0 Å². The van der Waals surface area contributed by atoms with Gasteiger partial charge in [-0.2, -0.15) is 5.26 Å². The highest BCUT2D eigenvalue weighted by atomic mass is 15.0. The molecule has 24 heavy (non-hydrogen) atoms. The highest BCUT2D eigenvalue weighted by Gasteiger charge is 2.16. The molecule has 4 nitrogen and oxygen atoms in total. The van der Waals surface area contributed by atoms with Crippen LogP contribution in [0.2, 0.25) is 0 Å². The van der Waals surface area contributed by atoms with E-state index >= 15 is 0 Å². The first kappa shape index (κ1) is 14.7. The van der Waals surface area contributed by atoms with E-state index < -0.39 is 0 Å². The van der Waals surface area contributed by atoms with E-state index in [4.69, 9.17) is 5.26 Å². The third-order valence-electron chi connectivity index (χ3n) is 4.50. The lowest BCUT2D eigenvalue weighted by atomic mass is 9.99. The minimum Gasteiger partial charge on any atom is -0.380 e. The molecule has 0 bridgehead atoms. The average Bonchev–Trinajstić information content (AvgIpc) is 3.15. The minimum absolute atomic E-state index is 0.439. The predicted molar refractivity (Wildman–Crippen MR) is 96.8 cm³/mol. The lowest BCUT2D eigenvalue weighted by Gasteiger charge is -2.17. The molecular formula is C20H18N4. The van der Waals surface area contributed by atoms with E-state index in [1.165, 1.54) is 0 Å². The average molecular weight is 314 g/mol. The van der Waals surface area contributed by atoms with Crippen LogP contribution < -0.4 is 10.6 Å². The fourth-order valence-electron chi connectivity index (χ4n) is 3.25. The normalized spacial score (nSPS) is 16.9. The van der Waals surface area contributed by atoms with Crippen LogP contribution in [-0.2, 0) is 0 Å². The van der Waals surface area contributed by atoms with Crippen molar-refractivity contribution >= 4 is 16.5 Å². The van der Waals surface area contributed by atoms with Crippen LogP contribution in [0.4, 0.5) is 5.69 Å². The summed E-state index contributed by atoms with van der Waals surface area (Å²) in [6.45, 7) is 2.04. The van der Waals surface area contributed by atoms with Gasteiger partial charge in [0.2, 0.25) is 0 Å². The molecular weight excluding hydrogens is 296 g/mol. The summed E-state index contributed by atoms with van der Waals surface area (Å²) in [5.41, 5.74) is 3.95. The van der Waals surface area contributed by atoms with Crippen molar-refractivity contribution in [2.45, 2.75) is 12.5 Å². The van der Waals surface area contributed by atoms with Crippen LogP contribution in [-0.4, -0.2) is 24.1 Å². The lowest BCUT2D eigenvalue weighted by Crippen LogP contribution is -2.22. The molecule has 118 valence electrons. The molecule has 4 rings (SSSR count). The number of hydrogen-bond acceptors (Lipinski definition) is 4. The molecule has 1 fully saturated rings. The van der Waals surface area contributed by atoms with E-state index in [2.05, 4.69) is 33.8 Å².